The number of carbonyl (C=O) groups excluding carboxylic acids is 2. The second-order valence-corrected chi connectivity index (χ2v) is 6.19. The molecule has 2 aliphatic rings. The summed E-state index contributed by atoms with van der Waals surface area (Å²) in [7, 11) is 0. The fourth-order valence-corrected chi connectivity index (χ4v) is 3.13. The number of carboxylic acid groups (broad SMARTS) is 1. The van der Waals surface area contributed by atoms with Crippen LogP contribution in [0.1, 0.15) is 26.7 Å². The molecule has 0 saturated carbocycles. The van der Waals surface area contributed by atoms with E-state index in [1.165, 1.54) is 11.0 Å². The van der Waals surface area contributed by atoms with Crippen LogP contribution in [0, 0.1) is 5.41 Å². The molecule has 2 amide bonds. The van der Waals surface area contributed by atoms with Crippen LogP contribution in [0.15, 0.2) is 11.6 Å². The predicted octanol–water partition coefficient (Wildman–Crippen LogP) is -0.528. The van der Waals surface area contributed by atoms with Gasteiger partial charge in [-0.3, -0.25) is 9.59 Å². The number of hydrogen-bond donors (Lipinski definition) is 3. The Kier molecular flexibility index (Phi) is 4.04. The predicted molar refractivity (Wildman–Crippen MR) is 75.2 cm³/mol. The van der Waals surface area contributed by atoms with E-state index in [1.54, 1.807) is 0 Å². The molecule has 2 saturated heterocycles. The first-order chi connectivity index (χ1) is 9.79. The van der Waals surface area contributed by atoms with Crippen LogP contribution in [0.25, 0.3) is 0 Å². The van der Waals surface area contributed by atoms with Crippen LogP contribution in [0.4, 0.5) is 0 Å². The number of fused-ring (bicyclic) bond motifs is 1. The number of carboxylic acids is 1. The number of rotatable bonds is 5. The molecule has 2 heterocycles. The Labute approximate surface area is 123 Å². The van der Waals surface area contributed by atoms with Gasteiger partial charge in [0.2, 0.25) is 5.91 Å². The Morgan fingerprint density at radius 2 is 2.19 bits per heavy atom. The second-order valence-electron chi connectivity index (χ2n) is 6.19. The zero-order valence-corrected chi connectivity index (χ0v) is 12.3. The minimum atomic E-state index is -0.998. The average molecular weight is 295 g/mol. The smallest absolute Gasteiger partial charge is 0.327 e. The molecule has 0 bridgehead atoms. The fraction of sp³-hybridized carbons (Fsp3) is 0.643. The van der Waals surface area contributed by atoms with Gasteiger partial charge in [-0.15, -0.1) is 0 Å². The molecule has 7 heteroatoms. The maximum atomic E-state index is 12.1. The summed E-state index contributed by atoms with van der Waals surface area (Å²) in [6, 6.07) is -1.10. The molecule has 0 aromatic carbocycles. The van der Waals surface area contributed by atoms with Crippen molar-refractivity contribution in [1.82, 2.24) is 10.2 Å². The minimum absolute atomic E-state index is 0.270. The molecular formula is C14H21N3O4. The van der Waals surface area contributed by atoms with E-state index in [0.29, 0.717) is 31.5 Å². The summed E-state index contributed by atoms with van der Waals surface area (Å²) in [5, 5.41) is 12.0. The van der Waals surface area contributed by atoms with E-state index in [9.17, 15) is 19.5 Å². The van der Waals surface area contributed by atoms with E-state index in [-0.39, 0.29) is 17.9 Å². The Bertz CT molecular complexity index is 512. The zero-order valence-electron chi connectivity index (χ0n) is 12.3. The summed E-state index contributed by atoms with van der Waals surface area (Å²) in [5.74, 6) is -1.68. The van der Waals surface area contributed by atoms with Crippen molar-refractivity contribution in [3.05, 3.63) is 11.6 Å². The number of nitrogens with one attached hydrogen (secondary N) is 1. The third-order valence-corrected chi connectivity index (χ3v) is 4.11. The summed E-state index contributed by atoms with van der Waals surface area (Å²) in [5.41, 5.74) is 5.23. The topological polar surface area (TPSA) is 113 Å². The van der Waals surface area contributed by atoms with Gasteiger partial charge in [0.15, 0.2) is 0 Å². The average Bonchev–Trinajstić information content (AvgIpc) is 2.65. The fourth-order valence-electron chi connectivity index (χ4n) is 3.13. The molecule has 2 fully saturated rings. The van der Waals surface area contributed by atoms with Crippen LogP contribution in [-0.2, 0) is 14.4 Å². The van der Waals surface area contributed by atoms with E-state index in [4.69, 9.17) is 5.73 Å². The monoisotopic (exact) mass is 295 g/mol. The van der Waals surface area contributed by atoms with Gasteiger partial charge in [0, 0.05) is 18.2 Å². The summed E-state index contributed by atoms with van der Waals surface area (Å²) in [6.07, 6.45) is 2.52. The van der Waals surface area contributed by atoms with Gasteiger partial charge in [0.25, 0.3) is 5.91 Å². The van der Waals surface area contributed by atoms with E-state index >= 15 is 0 Å². The van der Waals surface area contributed by atoms with Crippen molar-refractivity contribution in [2.75, 3.05) is 13.1 Å². The Morgan fingerprint density at radius 3 is 2.76 bits per heavy atom. The zero-order chi connectivity index (χ0) is 15.8. The highest BCUT2D eigenvalue weighted by molar-refractivity contribution is 6.09. The van der Waals surface area contributed by atoms with Gasteiger partial charge in [0.1, 0.15) is 6.04 Å². The van der Waals surface area contributed by atoms with Crippen LogP contribution < -0.4 is 11.1 Å². The van der Waals surface area contributed by atoms with Crippen LogP contribution in [0.2, 0.25) is 0 Å². The highest BCUT2D eigenvalue weighted by Crippen LogP contribution is 2.48. The minimum Gasteiger partial charge on any atom is -0.480 e. The van der Waals surface area contributed by atoms with Crippen LogP contribution in [-0.4, -0.2) is 53.0 Å². The first kappa shape index (κ1) is 15.5. The highest BCUT2D eigenvalue weighted by atomic mass is 16.4. The molecule has 21 heavy (non-hydrogen) atoms. The van der Waals surface area contributed by atoms with Crippen molar-refractivity contribution < 1.29 is 19.5 Å². The summed E-state index contributed by atoms with van der Waals surface area (Å²) in [6.45, 7) is 4.61. The van der Waals surface area contributed by atoms with Gasteiger partial charge in [-0.25, -0.2) is 4.79 Å². The quantitative estimate of drug-likeness (QED) is 0.358. The van der Waals surface area contributed by atoms with Gasteiger partial charge in [-0.1, -0.05) is 13.8 Å². The highest BCUT2D eigenvalue weighted by Gasteiger charge is 2.60. The number of nitrogens with two attached hydrogens (primary N) is 1. The van der Waals surface area contributed by atoms with Crippen LogP contribution in [0.5, 0.6) is 0 Å². The summed E-state index contributed by atoms with van der Waals surface area (Å²) >= 11 is 0. The lowest BCUT2D eigenvalue weighted by molar-refractivity contribution is -0.154. The number of hydrogen-bond acceptors (Lipinski definition) is 4. The van der Waals surface area contributed by atoms with Gasteiger partial charge in [0.05, 0.1) is 6.04 Å². The molecular weight excluding hydrogens is 274 g/mol. The first-order valence-electron chi connectivity index (χ1n) is 7.04. The molecule has 1 unspecified atom stereocenters. The third-order valence-electron chi connectivity index (χ3n) is 4.11. The molecule has 0 spiro atoms. The van der Waals surface area contributed by atoms with Crippen molar-refractivity contribution >= 4 is 17.8 Å². The van der Waals surface area contributed by atoms with E-state index in [1.807, 2.05) is 13.8 Å². The lowest BCUT2D eigenvalue weighted by atomic mass is 9.83. The van der Waals surface area contributed by atoms with Crippen molar-refractivity contribution in [2.45, 2.75) is 38.8 Å². The number of amides is 2. The Hall–Kier alpha value is -1.89. The Balaban J connectivity index is 2.09. The van der Waals surface area contributed by atoms with Gasteiger partial charge < -0.3 is 21.1 Å². The molecule has 0 aliphatic carbocycles. The van der Waals surface area contributed by atoms with E-state index < -0.39 is 17.4 Å². The lowest BCUT2D eigenvalue weighted by Gasteiger charge is -2.40. The summed E-state index contributed by atoms with van der Waals surface area (Å²) in [4.78, 5) is 36.5. The number of β-lactam (4-membered cyclic amide) rings is 1. The Morgan fingerprint density at radius 1 is 1.52 bits per heavy atom. The van der Waals surface area contributed by atoms with Crippen LogP contribution in [0.3, 0.4) is 0 Å². The molecule has 2 atom stereocenters. The standard InChI is InChI=1S/C14H21N3O4/c1-14(2)7-9-8(6-10(18)16-5-3-4-15)12(19)17(9)11(14)13(20)21/h6,9,11H,3-5,7,15H2,1-2H3,(H,16,18)(H,20,21)/b8-6+/t9?,11-/m0/s1. The molecule has 0 radical (unpaired) electrons. The molecule has 0 aromatic rings. The van der Waals surface area contributed by atoms with Crippen LogP contribution >= 0.6 is 0 Å². The number of nitrogens with zero attached hydrogens (tertiary/aromatic N) is 1. The maximum Gasteiger partial charge on any atom is 0.327 e. The normalized spacial score (nSPS) is 28.2. The molecule has 2 rings (SSSR count). The lowest BCUT2D eigenvalue weighted by Crippen LogP contribution is -2.58. The summed E-state index contributed by atoms with van der Waals surface area (Å²) < 4.78 is 0. The van der Waals surface area contributed by atoms with Gasteiger partial charge in [-0.2, -0.15) is 0 Å². The molecule has 116 valence electrons. The molecule has 4 N–H and O–H groups in total. The van der Waals surface area contributed by atoms with E-state index in [2.05, 4.69) is 5.32 Å². The molecule has 2 aliphatic heterocycles. The van der Waals surface area contributed by atoms with E-state index in [0.717, 1.165) is 0 Å². The number of carbonyl (C=O) groups is 3. The van der Waals surface area contributed by atoms with Gasteiger partial charge in [-0.05, 0) is 24.8 Å². The van der Waals surface area contributed by atoms with Crippen molar-refractivity contribution in [3.8, 4) is 0 Å². The van der Waals surface area contributed by atoms with Gasteiger partial charge >= 0.3 is 5.97 Å². The van der Waals surface area contributed by atoms with Crippen molar-refractivity contribution in [1.29, 1.82) is 0 Å². The largest absolute Gasteiger partial charge is 0.480 e. The first-order valence-corrected chi connectivity index (χ1v) is 7.04. The SMILES string of the molecule is CC1(C)CC2/C(=C\C(=O)NCCCN)C(=O)N2[C@H]1C(=O)O. The second kappa shape index (κ2) is 5.48. The number of aliphatic carboxylic acids is 1. The third kappa shape index (κ3) is 2.65. The van der Waals surface area contributed by atoms with Crippen molar-refractivity contribution in [3.63, 3.8) is 0 Å². The maximum absolute atomic E-state index is 12.1. The molecule has 0 aromatic heterocycles. The molecule has 7 nitrogen and oxygen atoms in total. The van der Waals surface area contributed by atoms with Crippen molar-refractivity contribution in [2.24, 2.45) is 11.1 Å².